The Labute approximate surface area is 139 Å². The fourth-order valence-corrected chi connectivity index (χ4v) is 4.79. The highest BCUT2D eigenvalue weighted by molar-refractivity contribution is 7.18. The van der Waals surface area contributed by atoms with E-state index in [2.05, 4.69) is 29.9 Å². The molecule has 2 aromatic heterocycles. The molecule has 4 heteroatoms. The largest absolute Gasteiger partial charge is 0.289 e. The van der Waals surface area contributed by atoms with Gasteiger partial charge in [-0.05, 0) is 42.4 Å². The summed E-state index contributed by atoms with van der Waals surface area (Å²) in [6, 6.07) is 6.05. The first-order chi connectivity index (χ1) is 11.0. The van der Waals surface area contributed by atoms with E-state index in [1.54, 1.807) is 23.7 Å². The minimum Gasteiger partial charge on any atom is -0.289 e. The molecule has 0 unspecified atom stereocenters. The van der Waals surface area contributed by atoms with Crippen LogP contribution in [0.4, 0.5) is 0 Å². The van der Waals surface area contributed by atoms with E-state index < -0.39 is 0 Å². The molecule has 0 saturated carbocycles. The van der Waals surface area contributed by atoms with Crippen LogP contribution in [-0.2, 0) is 12.8 Å². The average molecular weight is 322 g/mol. The van der Waals surface area contributed by atoms with Gasteiger partial charge in [-0.1, -0.05) is 19.9 Å². The zero-order valence-electron chi connectivity index (χ0n) is 13.3. The summed E-state index contributed by atoms with van der Waals surface area (Å²) < 4.78 is 1.06. The molecular weight excluding hydrogens is 304 g/mol. The fraction of sp³-hybridized carbons (Fsp3) is 0.316. The van der Waals surface area contributed by atoms with Crippen LogP contribution in [0.1, 0.15) is 30.7 Å². The molecule has 0 bridgehead atoms. The van der Waals surface area contributed by atoms with Gasteiger partial charge in [0.2, 0.25) is 0 Å². The second-order valence-electron chi connectivity index (χ2n) is 7.01. The number of rotatable bonds is 1. The van der Waals surface area contributed by atoms with Gasteiger partial charge in [0.05, 0.1) is 0 Å². The highest BCUT2D eigenvalue weighted by Gasteiger charge is 2.28. The van der Waals surface area contributed by atoms with E-state index in [0.29, 0.717) is 0 Å². The zero-order chi connectivity index (χ0) is 16.0. The molecule has 0 radical (unpaired) electrons. The molecular formula is C19H18N2OS. The van der Waals surface area contributed by atoms with Crippen LogP contribution in [0.3, 0.4) is 0 Å². The molecule has 116 valence electrons. The van der Waals surface area contributed by atoms with Crippen LogP contribution in [-0.4, -0.2) is 9.97 Å². The van der Waals surface area contributed by atoms with Crippen molar-refractivity contribution >= 4 is 21.4 Å². The van der Waals surface area contributed by atoms with Crippen LogP contribution >= 0.6 is 11.3 Å². The quantitative estimate of drug-likeness (QED) is 0.673. The Kier molecular flexibility index (Phi) is 3.31. The van der Waals surface area contributed by atoms with Gasteiger partial charge in [-0.2, -0.15) is 0 Å². The highest BCUT2D eigenvalue weighted by Crippen LogP contribution is 2.37. The summed E-state index contributed by atoms with van der Waals surface area (Å²) in [7, 11) is 0. The van der Waals surface area contributed by atoms with Crippen LogP contribution < -0.4 is 5.43 Å². The minimum absolute atomic E-state index is 0.222. The van der Waals surface area contributed by atoms with Gasteiger partial charge in [-0.15, -0.1) is 11.3 Å². The van der Waals surface area contributed by atoms with Crippen LogP contribution in [0.15, 0.2) is 41.7 Å². The third-order valence-corrected chi connectivity index (χ3v) is 5.85. The molecule has 0 amide bonds. The van der Waals surface area contributed by atoms with Crippen molar-refractivity contribution in [3.05, 3.63) is 57.6 Å². The van der Waals surface area contributed by atoms with Gasteiger partial charge in [-0.25, -0.2) is 9.97 Å². The minimum atomic E-state index is 0.222. The van der Waals surface area contributed by atoms with Crippen molar-refractivity contribution in [2.75, 3.05) is 0 Å². The Bertz CT molecular complexity index is 945. The molecule has 3 aromatic rings. The summed E-state index contributed by atoms with van der Waals surface area (Å²) in [5, 5.41) is 0.842. The molecule has 2 heterocycles. The molecule has 4 rings (SSSR count). The third kappa shape index (κ3) is 2.57. The smallest absolute Gasteiger partial charge is 0.191 e. The lowest BCUT2D eigenvalue weighted by Crippen LogP contribution is -2.26. The maximum atomic E-state index is 12.8. The van der Waals surface area contributed by atoms with Gasteiger partial charge in [0.15, 0.2) is 5.43 Å². The lowest BCUT2D eigenvalue weighted by atomic mass is 9.77. The lowest BCUT2D eigenvalue weighted by molar-refractivity contribution is 0.318. The highest BCUT2D eigenvalue weighted by atomic mass is 32.1. The van der Waals surface area contributed by atoms with Crippen LogP contribution in [0.2, 0.25) is 0 Å². The number of hydrogen-bond acceptors (Lipinski definition) is 4. The standard InChI is InChI=1S/C19H18N2OS/c1-19(2)6-5-15-17(8-19)23-16-7-12(3-4-14(16)18(15)22)13-9-20-11-21-10-13/h3-4,7,9-11H,5-6,8H2,1-2H3. The van der Waals surface area contributed by atoms with Crippen molar-refractivity contribution in [1.29, 1.82) is 0 Å². The Morgan fingerprint density at radius 3 is 2.70 bits per heavy atom. The molecule has 0 aliphatic heterocycles. The molecule has 1 aromatic carbocycles. The topological polar surface area (TPSA) is 42.9 Å². The van der Waals surface area contributed by atoms with Crippen molar-refractivity contribution in [1.82, 2.24) is 9.97 Å². The van der Waals surface area contributed by atoms with Crippen LogP contribution in [0, 0.1) is 5.41 Å². The number of benzene rings is 1. The van der Waals surface area contributed by atoms with E-state index in [1.807, 2.05) is 12.1 Å². The van der Waals surface area contributed by atoms with Crippen molar-refractivity contribution in [3.63, 3.8) is 0 Å². The van der Waals surface area contributed by atoms with Crippen molar-refractivity contribution in [2.45, 2.75) is 33.1 Å². The number of aromatic nitrogens is 2. The van der Waals surface area contributed by atoms with Crippen molar-refractivity contribution in [2.24, 2.45) is 5.41 Å². The van der Waals surface area contributed by atoms with E-state index in [9.17, 15) is 4.79 Å². The second-order valence-corrected chi connectivity index (χ2v) is 8.15. The summed E-state index contributed by atoms with van der Waals surface area (Å²) in [5.41, 5.74) is 3.59. The summed E-state index contributed by atoms with van der Waals surface area (Å²) in [5.74, 6) is 0. The maximum absolute atomic E-state index is 12.8. The normalized spacial score (nSPS) is 16.3. The predicted octanol–water partition coefficient (Wildman–Crippen LogP) is 4.23. The lowest BCUT2D eigenvalue weighted by Gasteiger charge is -2.30. The SMILES string of the molecule is CC1(C)CCc2c(sc3cc(-c4cncnc4)ccc3c2=O)C1. The Hall–Kier alpha value is -2.07. The molecule has 1 aliphatic carbocycles. The van der Waals surface area contributed by atoms with E-state index in [1.165, 1.54) is 11.2 Å². The number of hydrogen-bond donors (Lipinski definition) is 0. The summed E-state index contributed by atoms with van der Waals surface area (Å²) in [6.45, 7) is 4.57. The summed E-state index contributed by atoms with van der Waals surface area (Å²) in [4.78, 5) is 22.2. The number of fused-ring (bicyclic) bond motifs is 2. The molecule has 0 atom stereocenters. The van der Waals surface area contributed by atoms with E-state index in [-0.39, 0.29) is 10.8 Å². The van der Waals surface area contributed by atoms with Gasteiger partial charge in [0.1, 0.15) is 6.33 Å². The number of nitrogens with zero attached hydrogens (tertiary/aromatic N) is 2. The molecule has 0 N–H and O–H groups in total. The maximum Gasteiger partial charge on any atom is 0.191 e. The first-order valence-electron chi connectivity index (χ1n) is 7.87. The van der Waals surface area contributed by atoms with Gasteiger partial charge in [0.25, 0.3) is 0 Å². The Balaban J connectivity index is 1.91. The molecule has 0 spiro atoms. The molecule has 3 nitrogen and oxygen atoms in total. The van der Waals surface area contributed by atoms with E-state index in [4.69, 9.17) is 0 Å². The second kappa shape index (κ2) is 5.24. The van der Waals surface area contributed by atoms with Gasteiger partial charge in [-0.3, -0.25) is 4.79 Å². The Morgan fingerprint density at radius 1 is 1.13 bits per heavy atom. The fourth-order valence-electron chi connectivity index (χ4n) is 3.29. The first-order valence-corrected chi connectivity index (χ1v) is 8.69. The van der Waals surface area contributed by atoms with Crippen molar-refractivity contribution < 1.29 is 0 Å². The van der Waals surface area contributed by atoms with E-state index in [0.717, 1.165) is 46.0 Å². The van der Waals surface area contributed by atoms with Crippen LogP contribution in [0.5, 0.6) is 0 Å². The molecule has 1 aliphatic rings. The predicted molar refractivity (Wildman–Crippen MR) is 94.9 cm³/mol. The Morgan fingerprint density at radius 2 is 1.91 bits per heavy atom. The van der Waals surface area contributed by atoms with Gasteiger partial charge < -0.3 is 0 Å². The molecule has 23 heavy (non-hydrogen) atoms. The van der Waals surface area contributed by atoms with Crippen LogP contribution in [0.25, 0.3) is 21.2 Å². The zero-order valence-corrected chi connectivity index (χ0v) is 14.1. The first kappa shape index (κ1) is 14.5. The third-order valence-electron chi connectivity index (χ3n) is 4.65. The van der Waals surface area contributed by atoms with Gasteiger partial charge >= 0.3 is 0 Å². The average Bonchev–Trinajstić information content (AvgIpc) is 2.54. The van der Waals surface area contributed by atoms with Gasteiger partial charge in [0, 0.05) is 38.5 Å². The summed E-state index contributed by atoms with van der Waals surface area (Å²) in [6.07, 6.45) is 8.13. The molecule has 0 saturated heterocycles. The molecule has 0 fully saturated rings. The monoisotopic (exact) mass is 322 g/mol. The summed E-state index contributed by atoms with van der Waals surface area (Å²) >= 11 is 1.77. The van der Waals surface area contributed by atoms with Crippen molar-refractivity contribution in [3.8, 4) is 11.1 Å². The van der Waals surface area contributed by atoms with E-state index >= 15 is 0 Å².